The zero-order chi connectivity index (χ0) is 13.7. The first-order valence-corrected chi connectivity index (χ1v) is 5.78. The predicted molar refractivity (Wildman–Crippen MR) is 69.8 cm³/mol. The van der Waals surface area contributed by atoms with E-state index >= 15 is 0 Å². The van der Waals surface area contributed by atoms with Crippen molar-refractivity contribution in [1.29, 1.82) is 0 Å². The second-order valence-corrected chi connectivity index (χ2v) is 3.84. The summed E-state index contributed by atoms with van der Waals surface area (Å²) in [7, 11) is 3.16. The van der Waals surface area contributed by atoms with Crippen LogP contribution in [0.25, 0.3) is 11.3 Å². The van der Waals surface area contributed by atoms with Gasteiger partial charge >= 0.3 is 6.03 Å². The lowest BCUT2D eigenvalue weighted by molar-refractivity contribution is 0.241. The molecule has 2 N–H and O–H groups in total. The molecule has 6 nitrogen and oxygen atoms in total. The van der Waals surface area contributed by atoms with Crippen LogP contribution in [0.5, 0.6) is 5.75 Å². The molecule has 0 aliphatic carbocycles. The van der Waals surface area contributed by atoms with Gasteiger partial charge in [0.05, 0.1) is 13.7 Å². The molecule has 0 atom stereocenters. The highest BCUT2D eigenvalue weighted by molar-refractivity contribution is 5.73. The highest BCUT2D eigenvalue weighted by Crippen LogP contribution is 2.23. The molecule has 0 aliphatic heterocycles. The largest absolute Gasteiger partial charge is 0.497 e. The predicted octanol–water partition coefficient (Wildman–Crippen LogP) is 1.78. The SMILES string of the molecule is CNC(=O)NCc1cc(-c2cccc(OC)c2)no1. The number of aromatic nitrogens is 1. The van der Waals surface area contributed by atoms with Crippen LogP contribution < -0.4 is 15.4 Å². The van der Waals surface area contributed by atoms with E-state index in [0.29, 0.717) is 11.5 Å². The molecule has 100 valence electrons. The summed E-state index contributed by atoms with van der Waals surface area (Å²) in [6, 6.07) is 9.04. The van der Waals surface area contributed by atoms with Crippen molar-refractivity contribution in [2.75, 3.05) is 14.2 Å². The number of urea groups is 1. The molecule has 2 rings (SSSR count). The Morgan fingerprint density at radius 3 is 3.00 bits per heavy atom. The van der Waals surface area contributed by atoms with Crippen LogP contribution in [0.1, 0.15) is 5.76 Å². The van der Waals surface area contributed by atoms with Gasteiger partial charge < -0.3 is 19.9 Å². The third kappa shape index (κ3) is 3.25. The number of carbonyl (C=O) groups is 1. The van der Waals surface area contributed by atoms with Crippen molar-refractivity contribution in [2.45, 2.75) is 6.54 Å². The zero-order valence-corrected chi connectivity index (χ0v) is 10.8. The Bertz CT molecular complexity index is 566. The average molecular weight is 261 g/mol. The number of nitrogens with zero attached hydrogens (tertiary/aromatic N) is 1. The molecule has 2 aromatic rings. The lowest BCUT2D eigenvalue weighted by Crippen LogP contribution is -2.31. The van der Waals surface area contributed by atoms with Crippen LogP contribution in [0.15, 0.2) is 34.9 Å². The van der Waals surface area contributed by atoms with Gasteiger partial charge in [-0.1, -0.05) is 17.3 Å². The molecule has 1 aromatic carbocycles. The van der Waals surface area contributed by atoms with Gasteiger partial charge in [-0.2, -0.15) is 0 Å². The number of rotatable bonds is 4. The average Bonchev–Trinajstić information content (AvgIpc) is 2.93. The van der Waals surface area contributed by atoms with Gasteiger partial charge in [0.2, 0.25) is 0 Å². The topological polar surface area (TPSA) is 76.4 Å². The molecule has 1 aromatic heterocycles. The Hall–Kier alpha value is -2.50. The number of carbonyl (C=O) groups excluding carboxylic acids is 1. The van der Waals surface area contributed by atoms with Crippen LogP contribution in [-0.4, -0.2) is 25.3 Å². The maximum Gasteiger partial charge on any atom is 0.314 e. The summed E-state index contributed by atoms with van der Waals surface area (Å²) < 4.78 is 10.3. The normalized spacial score (nSPS) is 10.0. The van der Waals surface area contributed by atoms with Crippen molar-refractivity contribution in [3.05, 3.63) is 36.1 Å². The lowest BCUT2D eigenvalue weighted by Gasteiger charge is -2.00. The van der Waals surface area contributed by atoms with Crippen molar-refractivity contribution < 1.29 is 14.1 Å². The van der Waals surface area contributed by atoms with E-state index in [2.05, 4.69) is 15.8 Å². The molecular weight excluding hydrogens is 246 g/mol. The van der Waals surface area contributed by atoms with Crippen LogP contribution in [0.3, 0.4) is 0 Å². The Balaban J connectivity index is 2.09. The number of hydrogen-bond donors (Lipinski definition) is 2. The molecule has 0 fully saturated rings. The fourth-order valence-corrected chi connectivity index (χ4v) is 1.57. The van der Waals surface area contributed by atoms with Crippen molar-refractivity contribution in [3.63, 3.8) is 0 Å². The number of nitrogens with one attached hydrogen (secondary N) is 2. The molecule has 0 bridgehead atoms. The highest BCUT2D eigenvalue weighted by Gasteiger charge is 2.08. The van der Waals surface area contributed by atoms with Crippen LogP contribution in [0.2, 0.25) is 0 Å². The molecule has 0 spiro atoms. The Morgan fingerprint density at radius 2 is 2.26 bits per heavy atom. The van der Waals surface area contributed by atoms with E-state index in [9.17, 15) is 4.79 Å². The molecule has 0 unspecified atom stereocenters. The van der Waals surface area contributed by atoms with E-state index in [0.717, 1.165) is 11.3 Å². The summed E-state index contributed by atoms with van der Waals surface area (Å²) >= 11 is 0. The third-order valence-electron chi connectivity index (χ3n) is 2.57. The first-order valence-electron chi connectivity index (χ1n) is 5.78. The van der Waals surface area contributed by atoms with Gasteiger partial charge in [-0.05, 0) is 12.1 Å². The van der Waals surface area contributed by atoms with Crippen molar-refractivity contribution >= 4 is 6.03 Å². The molecule has 19 heavy (non-hydrogen) atoms. The standard InChI is InChI=1S/C13H15N3O3/c1-14-13(17)15-8-11-7-12(16-19-11)9-4-3-5-10(6-9)18-2/h3-7H,8H2,1-2H3,(H2,14,15,17). The van der Waals surface area contributed by atoms with E-state index in [1.54, 1.807) is 20.2 Å². The Labute approximate surface area is 110 Å². The minimum absolute atomic E-state index is 0.265. The summed E-state index contributed by atoms with van der Waals surface area (Å²) in [5, 5.41) is 9.05. The van der Waals surface area contributed by atoms with Gasteiger partial charge in [-0.25, -0.2) is 4.79 Å². The van der Waals surface area contributed by atoms with E-state index in [4.69, 9.17) is 9.26 Å². The van der Waals surface area contributed by atoms with Crippen molar-refractivity contribution in [2.24, 2.45) is 0 Å². The van der Waals surface area contributed by atoms with Crippen LogP contribution >= 0.6 is 0 Å². The van der Waals surface area contributed by atoms with Crippen LogP contribution in [0.4, 0.5) is 4.79 Å². The van der Waals surface area contributed by atoms with Crippen LogP contribution in [-0.2, 0) is 6.54 Å². The maximum atomic E-state index is 11.0. The zero-order valence-electron chi connectivity index (χ0n) is 10.8. The molecule has 0 radical (unpaired) electrons. The molecule has 2 amide bonds. The molecule has 0 saturated heterocycles. The lowest BCUT2D eigenvalue weighted by atomic mass is 10.1. The van der Waals surface area contributed by atoms with Crippen LogP contribution in [0, 0.1) is 0 Å². The first-order chi connectivity index (χ1) is 9.22. The highest BCUT2D eigenvalue weighted by atomic mass is 16.5. The number of hydrogen-bond acceptors (Lipinski definition) is 4. The monoisotopic (exact) mass is 261 g/mol. The Morgan fingerprint density at radius 1 is 1.42 bits per heavy atom. The van der Waals surface area contributed by atoms with E-state index < -0.39 is 0 Å². The molecule has 0 saturated carbocycles. The number of methoxy groups -OCH3 is 1. The third-order valence-corrected chi connectivity index (χ3v) is 2.57. The fraction of sp³-hybridized carbons (Fsp3) is 0.231. The summed E-state index contributed by atoms with van der Waals surface area (Å²) in [4.78, 5) is 11.0. The van der Waals surface area contributed by atoms with Gasteiger partial charge in [0.1, 0.15) is 11.4 Å². The molecule has 0 aliphatic rings. The van der Waals surface area contributed by atoms with Gasteiger partial charge in [-0.3, -0.25) is 0 Å². The molecular formula is C13H15N3O3. The summed E-state index contributed by atoms with van der Waals surface area (Å²) in [5.41, 5.74) is 1.60. The minimum Gasteiger partial charge on any atom is -0.497 e. The summed E-state index contributed by atoms with van der Waals surface area (Å²) in [6.07, 6.45) is 0. The summed E-state index contributed by atoms with van der Waals surface area (Å²) in [6.45, 7) is 0.288. The van der Waals surface area contributed by atoms with E-state index in [1.807, 2.05) is 24.3 Å². The van der Waals surface area contributed by atoms with Gasteiger partial charge in [0.15, 0.2) is 5.76 Å². The molecule has 1 heterocycles. The smallest absolute Gasteiger partial charge is 0.314 e. The van der Waals surface area contributed by atoms with Gasteiger partial charge in [0, 0.05) is 18.7 Å². The van der Waals surface area contributed by atoms with Gasteiger partial charge in [0.25, 0.3) is 0 Å². The van der Waals surface area contributed by atoms with E-state index in [1.165, 1.54) is 0 Å². The number of amides is 2. The first kappa shape index (κ1) is 12.9. The maximum absolute atomic E-state index is 11.0. The van der Waals surface area contributed by atoms with Crippen molar-refractivity contribution in [1.82, 2.24) is 15.8 Å². The second-order valence-electron chi connectivity index (χ2n) is 3.84. The molecule has 6 heteroatoms. The van der Waals surface area contributed by atoms with Crippen molar-refractivity contribution in [3.8, 4) is 17.0 Å². The fourth-order valence-electron chi connectivity index (χ4n) is 1.57. The quantitative estimate of drug-likeness (QED) is 0.879. The number of benzene rings is 1. The Kier molecular flexibility index (Phi) is 4.02. The number of ether oxygens (including phenoxy) is 1. The van der Waals surface area contributed by atoms with Gasteiger partial charge in [-0.15, -0.1) is 0 Å². The summed E-state index contributed by atoms with van der Waals surface area (Å²) in [5.74, 6) is 1.34. The second kappa shape index (κ2) is 5.90. The minimum atomic E-state index is -0.265. The van der Waals surface area contributed by atoms with E-state index in [-0.39, 0.29) is 12.6 Å².